The lowest BCUT2D eigenvalue weighted by atomic mass is 10.0. The van der Waals surface area contributed by atoms with Crippen molar-refractivity contribution in [2.45, 2.75) is 66.0 Å². The second kappa shape index (κ2) is 8.86. The van der Waals surface area contributed by atoms with E-state index < -0.39 is 0 Å². The molecule has 120 valence electrons. The quantitative estimate of drug-likeness (QED) is 0.740. The summed E-state index contributed by atoms with van der Waals surface area (Å²) in [5.74, 6) is 0.847. The van der Waals surface area contributed by atoms with Crippen LogP contribution >= 0.6 is 11.3 Å². The summed E-state index contributed by atoms with van der Waals surface area (Å²) >= 11 is 1.93. The molecule has 0 aromatic carbocycles. The SMILES string of the molecule is CCCNCc1sc(CN2CCCC(C)C2)nc1CCC. The molecule has 0 saturated carbocycles. The number of hydrogen-bond donors (Lipinski definition) is 1. The third kappa shape index (κ3) is 5.35. The van der Waals surface area contributed by atoms with Crippen LogP contribution in [0.5, 0.6) is 0 Å². The minimum Gasteiger partial charge on any atom is -0.312 e. The zero-order valence-electron chi connectivity index (χ0n) is 14.0. The Kier molecular flexibility index (Phi) is 7.14. The van der Waals surface area contributed by atoms with E-state index in [1.54, 1.807) is 0 Å². The highest BCUT2D eigenvalue weighted by Crippen LogP contribution is 2.24. The van der Waals surface area contributed by atoms with Gasteiger partial charge < -0.3 is 5.32 Å². The molecule has 4 heteroatoms. The second-order valence-corrected chi connectivity index (χ2v) is 7.55. The number of aryl methyl sites for hydroxylation is 1. The minimum absolute atomic E-state index is 0.847. The Balaban J connectivity index is 1.96. The Labute approximate surface area is 134 Å². The highest BCUT2D eigenvalue weighted by atomic mass is 32.1. The van der Waals surface area contributed by atoms with E-state index in [2.05, 4.69) is 31.0 Å². The van der Waals surface area contributed by atoms with Crippen LogP contribution in [0.3, 0.4) is 0 Å². The van der Waals surface area contributed by atoms with Gasteiger partial charge in [0.2, 0.25) is 0 Å². The Morgan fingerprint density at radius 1 is 1.33 bits per heavy atom. The number of aromatic nitrogens is 1. The topological polar surface area (TPSA) is 28.2 Å². The van der Waals surface area contributed by atoms with Gasteiger partial charge in [0.25, 0.3) is 0 Å². The van der Waals surface area contributed by atoms with Crippen molar-refractivity contribution < 1.29 is 0 Å². The summed E-state index contributed by atoms with van der Waals surface area (Å²) in [6, 6.07) is 0. The minimum atomic E-state index is 0.847. The van der Waals surface area contributed by atoms with E-state index in [1.165, 1.54) is 54.4 Å². The molecule has 0 radical (unpaired) electrons. The molecular weight excluding hydrogens is 278 g/mol. The Hall–Kier alpha value is -0.450. The van der Waals surface area contributed by atoms with Crippen LogP contribution in [0.25, 0.3) is 0 Å². The van der Waals surface area contributed by atoms with Gasteiger partial charge in [-0.2, -0.15) is 0 Å². The first-order valence-electron chi connectivity index (χ1n) is 8.63. The van der Waals surface area contributed by atoms with Crippen LogP contribution in [0.4, 0.5) is 0 Å². The van der Waals surface area contributed by atoms with Crippen molar-refractivity contribution in [1.29, 1.82) is 0 Å². The van der Waals surface area contributed by atoms with E-state index in [-0.39, 0.29) is 0 Å². The largest absolute Gasteiger partial charge is 0.312 e. The molecule has 0 spiro atoms. The molecule has 1 atom stereocenters. The summed E-state index contributed by atoms with van der Waals surface area (Å²) in [6.45, 7) is 12.5. The van der Waals surface area contributed by atoms with Crippen molar-refractivity contribution in [2.24, 2.45) is 5.92 Å². The Morgan fingerprint density at radius 3 is 2.90 bits per heavy atom. The summed E-state index contributed by atoms with van der Waals surface area (Å²) in [6.07, 6.45) is 6.24. The van der Waals surface area contributed by atoms with Crippen LogP contribution in [-0.4, -0.2) is 29.5 Å². The lowest BCUT2D eigenvalue weighted by Gasteiger charge is -2.29. The van der Waals surface area contributed by atoms with Crippen molar-refractivity contribution in [2.75, 3.05) is 19.6 Å². The van der Waals surface area contributed by atoms with Gasteiger partial charge in [-0.1, -0.05) is 27.2 Å². The fraction of sp³-hybridized carbons (Fsp3) is 0.824. The summed E-state index contributed by atoms with van der Waals surface area (Å²) in [7, 11) is 0. The monoisotopic (exact) mass is 309 g/mol. The first kappa shape index (κ1) is 16.9. The summed E-state index contributed by atoms with van der Waals surface area (Å²) in [5, 5.41) is 4.85. The number of nitrogens with one attached hydrogen (secondary N) is 1. The lowest BCUT2D eigenvalue weighted by molar-refractivity contribution is 0.176. The molecule has 1 saturated heterocycles. The Morgan fingerprint density at radius 2 is 2.19 bits per heavy atom. The molecule has 3 nitrogen and oxygen atoms in total. The molecule has 1 N–H and O–H groups in total. The van der Waals surface area contributed by atoms with Gasteiger partial charge in [-0.15, -0.1) is 11.3 Å². The third-order valence-electron chi connectivity index (χ3n) is 4.12. The number of likely N-dealkylation sites (tertiary alicyclic amines) is 1. The van der Waals surface area contributed by atoms with Crippen molar-refractivity contribution in [3.05, 3.63) is 15.6 Å². The maximum Gasteiger partial charge on any atom is 0.107 e. The third-order valence-corrected chi connectivity index (χ3v) is 5.20. The molecule has 1 aromatic heterocycles. The molecule has 0 aliphatic carbocycles. The molecule has 2 heterocycles. The summed E-state index contributed by atoms with van der Waals surface area (Å²) in [5.41, 5.74) is 1.34. The average Bonchev–Trinajstić information content (AvgIpc) is 2.81. The predicted molar refractivity (Wildman–Crippen MR) is 91.8 cm³/mol. The number of piperidine rings is 1. The lowest BCUT2D eigenvalue weighted by Crippen LogP contribution is -2.33. The Bertz CT molecular complexity index is 416. The van der Waals surface area contributed by atoms with Gasteiger partial charge in [0, 0.05) is 18.0 Å². The van der Waals surface area contributed by atoms with Gasteiger partial charge in [-0.3, -0.25) is 4.90 Å². The zero-order chi connectivity index (χ0) is 15.1. The van der Waals surface area contributed by atoms with Crippen molar-refractivity contribution in [3.8, 4) is 0 Å². The molecule has 21 heavy (non-hydrogen) atoms. The zero-order valence-corrected chi connectivity index (χ0v) is 14.8. The van der Waals surface area contributed by atoms with Gasteiger partial charge in [0.1, 0.15) is 5.01 Å². The predicted octanol–water partition coefficient (Wildman–Crippen LogP) is 3.83. The van der Waals surface area contributed by atoms with E-state index in [0.29, 0.717) is 0 Å². The standard InChI is InChI=1S/C17H31N3S/c1-4-7-15-16(11-18-9-5-2)21-17(19-15)13-20-10-6-8-14(3)12-20/h14,18H,4-13H2,1-3H3. The molecule has 0 amide bonds. The van der Waals surface area contributed by atoms with Crippen LogP contribution in [0, 0.1) is 5.92 Å². The molecule has 1 aliphatic rings. The van der Waals surface area contributed by atoms with Crippen molar-refractivity contribution in [1.82, 2.24) is 15.2 Å². The molecular formula is C17H31N3S. The first-order chi connectivity index (χ1) is 10.2. The summed E-state index contributed by atoms with van der Waals surface area (Å²) in [4.78, 5) is 8.99. The van der Waals surface area contributed by atoms with Gasteiger partial charge in [-0.25, -0.2) is 4.98 Å². The van der Waals surface area contributed by atoms with E-state index in [9.17, 15) is 0 Å². The number of rotatable bonds is 8. The molecule has 1 fully saturated rings. The van der Waals surface area contributed by atoms with E-state index in [1.807, 2.05) is 11.3 Å². The van der Waals surface area contributed by atoms with Crippen LogP contribution in [0.1, 0.15) is 62.0 Å². The van der Waals surface area contributed by atoms with Gasteiger partial charge in [0.05, 0.1) is 12.2 Å². The fourth-order valence-corrected chi connectivity index (χ4v) is 4.20. The van der Waals surface area contributed by atoms with Crippen LogP contribution in [0.2, 0.25) is 0 Å². The highest BCUT2D eigenvalue weighted by molar-refractivity contribution is 7.11. The van der Waals surface area contributed by atoms with E-state index in [4.69, 9.17) is 4.98 Å². The van der Waals surface area contributed by atoms with Gasteiger partial charge in [0.15, 0.2) is 0 Å². The summed E-state index contributed by atoms with van der Waals surface area (Å²) < 4.78 is 0. The van der Waals surface area contributed by atoms with Crippen LogP contribution < -0.4 is 5.32 Å². The number of thiazole rings is 1. The number of hydrogen-bond acceptors (Lipinski definition) is 4. The first-order valence-corrected chi connectivity index (χ1v) is 9.45. The second-order valence-electron chi connectivity index (χ2n) is 6.39. The van der Waals surface area contributed by atoms with E-state index >= 15 is 0 Å². The average molecular weight is 310 g/mol. The highest BCUT2D eigenvalue weighted by Gasteiger charge is 2.18. The molecule has 2 rings (SSSR count). The molecule has 0 bridgehead atoms. The number of nitrogens with zero attached hydrogens (tertiary/aromatic N) is 2. The van der Waals surface area contributed by atoms with Gasteiger partial charge >= 0.3 is 0 Å². The fourth-order valence-electron chi connectivity index (χ4n) is 3.07. The molecule has 1 aromatic rings. The van der Waals surface area contributed by atoms with Crippen LogP contribution in [0.15, 0.2) is 0 Å². The van der Waals surface area contributed by atoms with Gasteiger partial charge in [-0.05, 0) is 44.7 Å². The molecule has 1 unspecified atom stereocenters. The smallest absolute Gasteiger partial charge is 0.107 e. The van der Waals surface area contributed by atoms with Crippen LogP contribution in [-0.2, 0) is 19.5 Å². The van der Waals surface area contributed by atoms with Crippen molar-refractivity contribution >= 4 is 11.3 Å². The maximum atomic E-state index is 4.93. The molecule has 1 aliphatic heterocycles. The normalized spacial score (nSPS) is 20.0. The van der Waals surface area contributed by atoms with E-state index in [0.717, 1.165) is 32.0 Å². The maximum absolute atomic E-state index is 4.93. The van der Waals surface area contributed by atoms with Crippen molar-refractivity contribution in [3.63, 3.8) is 0 Å².